The molecule has 0 radical (unpaired) electrons. The second kappa shape index (κ2) is 12.2. The number of rotatable bonds is 11. The van der Waals surface area contributed by atoms with Crippen molar-refractivity contribution in [2.45, 2.75) is 51.0 Å². The number of sulfonamides is 1. The summed E-state index contributed by atoms with van der Waals surface area (Å²) >= 11 is 1.34. The van der Waals surface area contributed by atoms with Crippen molar-refractivity contribution >= 4 is 37.5 Å². The van der Waals surface area contributed by atoms with Gasteiger partial charge in [-0.2, -0.15) is 9.30 Å². The van der Waals surface area contributed by atoms with Crippen molar-refractivity contribution in [1.29, 1.82) is 0 Å². The van der Waals surface area contributed by atoms with E-state index >= 15 is 0 Å². The maximum absolute atomic E-state index is 13.2. The molecule has 2 aromatic carbocycles. The van der Waals surface area contributed by atoms with E-state index in [1.54, 1.807) is 11.7 Å². The number of hydrogen-bond donors (Lipinski definition) is 0. The molecule has 0 fully saturated rings. The fourth-order valence-corrected chi connectivity index (χ4v) is 6.17. The predicted octanol–water partition coefficient (Wildman–Crippen LogP) is 4.68. The Hall–Kier alpha value is -2.93. The third kappa shape index (κ3) is 6.20. The summed E-state index contributed by atoms with van der Waals surface area (Å²) in [4.78, 5) is 17.9. The summed E-state index contributed by atoms with van der Waals surface area (Å²) in [6.45, 7) is 5.31. The smallest absolute Gasteiger partial charge is 0.279 e. The van der Waals surface area contributed by atoms with Gasteiger partial charge >= 0.3 is 0 Å². The van der Waals surface area contributed by atoms with Crippen LogP contribution in [-0.2, 0) is 16.6 Å². The summed E-state index contributed by atoms with van der Waals surface area (Å²) in [6.07, 6.45) is 8.98. The van der Waals surface area contributed by atoms with E-state index in [4.69, 9.17) is 11.2 Å². The molecular weight excluding hydrogens is 482 g/mol. The van der Waals surface area contributed by atoms with Gasteiger partial charge in [-0.15, -0.1) is 6.42 Å². The molecule has 7 nitrogen and oxygen atoms in total. The molecule has 0 atom stereocenters. The number of terminal acetylenes is 1. The minimum atomic E-state index is -3.63. The maximum Gasteiger partial charge on any atom is 0.279 e. The second-order valence-corrected chi connectivity index (χ2v) is 11.0. The van der Waals surface area contributed by atoms with E-state index in [1.165, 1.54) is 39.9 Å². The van der Waals surface area contributed by atoms with Crippen LogP contribution in [0.4, 0.5) is 0 Å². The van der Waals surface area contributed by atoms with Crippen LogP contribution in [0.3, 0.4) is 0 Å². The number of hydrogen-bond acceptors (Lipinski definition) is 5. The molecule has 0 aliphatic rings. The largest absolute Gasteiger partial charge is 0.497 e. The lowest BCUT2D eigenvalue weighted by atomic mass is 10.2. The Morgan fingerprint density at radius 1 is 1.11 bits per heavy atom. The normalized spacial score (nSPS) is 12.3. The minimum absolute atomic E-state index is 0.178. The average Bonchev–Trinajstić information content (AvgIpc) is 3.20. The predicted molar refractivity (Wildman–Crippen MR) is 140 cm³/mol. The number of methoxy groups -OCH3 is 1. The molecule has 1 heterocycles. The van der Waals surface area contributed by atoms with Crippen molar-refractivity contribution in [2.24, 2.45) is 4.99 Å². The Bertz CT molecular complexity index is 1370. The van der Waals surface area contributed by atoms with E-state index in [0.29, 0.717) is 29.2 Å². The summed E-state index contributed by atoms with van der Waals surface area (Å²) in [5.41, 5.74) is 1.17. The average molecular weight is 514 g/mol. The molecule has 3 rings (SSSR count). The first-order chi connectivity index (χ1) is 16.8. The number of thiazole rings is 1. The lowest BCUT2D eigenvalue weighted by Gasteiger charge is -2.22. The fourth-order valence-electron chi connectivity index (χ4n) is 3.60. The molecule has 0 saturated heterocycles. The van der Waals surface area contributed by atoms with Crippen molar-refractivity contribution in [1.82, 2.24) is 8.87 Å². The number of ether oxygens (including phenoxy) is 1. The molecule has 0 N–H and O–H groups in total. The van der Waals surface area contributed by atoms with Gasteiger partial charge < -0.3 is 9.30 Å². The van der Waals surface area contributed by atoms with Crippen LogP contribution in [0.5, 0.6) is 5.75 Å². The van der Waals surface area contributed by atoms with Crippen LogP contribution in [0, 0.1) is 12.3 Å². The Labute approximate surface area is 211 Å². The summed E-state index contributed by atoms with van der Waals surface area (Å²) in [5.74, 6) is 2.84. The Morgan fingerprint density at radius 3 is 2.34 bits per heavy atom. The van der Waals surface area contributed by atoms with Gasteiger partial charge in [0.05, 0.1) is 28.8 Å². The van der Waals surface area contributed by atoms with E-state index < -0.39 is 15.9 Å². The Morgan fingerprint density at radius 2 is 1.77 bits per heavy atom. The zero-order valence-corrected chi connectivity index (χ0v) is 22.0. The Balaban J connectivity index is 1.92. The Kier molecular flexibility index (Phi) is 9.26. The third-order valence-electron chi connectivity index (χ3n) is 5.60. The van der Waals surface area contributed by atoms with E-state index in [2.05, 4.69) is 10.9 Å². The number of carbonyl (C=O) groups excluding carboxylic acids is 1. The number of aromatic nitrogens is 1. The van der Waals surface area contributed by atoms with Crippen molar-refractivity contribution < 1.29 is 17.9 Å². The van der Waals surface area contributed by atoms with Gasteiger partial charge in [-0.1, -0.05) is 43.9 Å². The molecule has 186 valence electrons. The molecule has 0 spiro atoms. The van der Waals surface area contributed by atoms with Gasteiger partial charge in [-0.25, -0.2) is 8.42 Å². The minimum Gasteiger partial charge on any atom is -0.497 e. The molecule has 0 saturated carbocycles. The zero-order valence-electron chi connectivity index (χ0n) is 20.4. The van der Waals surface area contributed by atoms with Crippen molar-refractivity contribution in [2.75, 3.05) is 20.2 Å². The first kappa shape index (κ1) is 26.7. The van der Waals surface area contributed by atoms with Crippen LogP contribution in [-0.4, -0.2) is 43.4 Å². The van der Waals surface area contributed by atoms with Gasteiger partial charge in [-0.3, -0.25) is 4.79 Å². The lowest BCUT2D eigenvalue weighted by molar-refractivity contribution is 0.0998. The highest BCUT2D eigenvalue weighted by atomic mass is 32.2. The summed E-state index contributed by atoms with van der Waals surface area (Å²) in [7, 11) is -2.04. The quantitative estimate of drug-likeness (QED) is 0.349. The highest BCUT2D eigenvalue weighted by Crippen LogP contribution is 2.23. The van der Waals surface area contributed by atoms with Crippen molar-refractivity contribution in [3.63, 3.8) is 0 Å². The van der Waals surface area contributed by atoms with Crippen LogP contribution >= 0.6 is 11.3 Å². The highest BCUT2D eigenvalue weighted by molar-refractivity contribution is 7.89. The lowest BCUT2D eigenvalue weighted by Crippen LogP contribution is -2.33. The highest BCUT2D eigenvalue weighted by Gasteiger charge is 2.23. The van der Waals surface area contributed by atoms with Crippen LogP contribution in [0.2, 0.25) is 0 Å². The summed E-state index contributed by atoms with van der Waals surface area (Å²) in [5, 5.41) is 0. The van der Waals surface area contributed by atoms with Crippen molar-refractivity contribution in [3.05, 3.63) is 52.8 Å². The molecule has 0 unspecified atom stereocenters. The van der Waals surface area contributed by atoms with Crippen molar-refractivity contribution in [3.8, 4) is 18.1 Å². The molecule has 9 heteroatoms. The number of fused-ring (bicyclic) bond motifs is 1. The first-order valence-electron chi connectivity index (χ1n) is 11.7. The molecule has 0 aliphatic carbocycles. The van der Waals surface area contributed by atoms with E-state index in [9.17, 15) is 13.2 Å². The monoisotopic (exact) mass is 513 g/mol. The zero-order chi connectivity index (χ0) is 25.4. The number of amides is 1. The number of nitrogens with zero attached hydrogens (tertiary/aromatic N) is 3. The van der Waals surface area contributed by atoms with Gasteiger partial charge in [0.1, 0.15) is 5.75 Å². The molecule has 35 heavy (non-hydrogen) atoms. The standard InChI is InChI=1S/C26H31N3O4S2/c1-5-8-17-28(18-9-6-2)35(31,32)22-13-10-20(11-14-22)25(30)27-26-29(16-7-3)23-15-12-21(33-4)19-24(23)34-26/h3,10-15,19H,5-6,8-9,16-18H2,1-2,4H3. The van der Waals surface area contributed by atoms with Gasteiger partial charge in [0.15, 0.2) is 4.80 Å². The maximum atomic E-state index is 13.2. The number of benzene rings is 2. The van der Waals surface area contributed by atoms with Gasteiger partial charge in [0.2, 0.25) is 10.0 Å². The number of unbranched alkanes of at least 4 members (excludes halogenated alkanes) is 2. The van der Waals surface area contributed by atoms with Gasteiger partial charge in [0.25, 0.3) is 5.91 Å². The van der Waals surface area contributed by atoms with Crippen LogP contribution in [0.15, 0.2) is 52.4 Å². The molecule has 0 aliphatic heterocycles. The molecule has 1 aromatic heterocycles. The SMILES string of the molecule is C#CCn1c(=NC(=O)c2ccc(S(=O)(=O)N(CCCC)CCCC)cc2)sc2cc(OC)ccc21. The summed E-state index contributed by atoms with van der Waals surface area (Å²) < 4.78 is 35.9. The molecule has 3 aromatic rings. The molecular formula is C26H31N3O4S2. The second-order valence-electron chi connectivity index (χ2n) is 8.06. The van der Waals surface area contributed by atoms with Crippen LogP contribution < -0.4 is 9.54 Å². The summed E-state index contributed by atoms with van der Waals surface area (Å²) in [6, 6.07) is 11.6. The van der Waals surface area contributed by atoms with Gasteiger partial charge in [-0.05, 0) is 55.3 Å². The van der Waals surface area contributed by atoms with Gasteiger partial charge in [0, 0.05) is 18.7 Å². The van der Waals surface area contributed by atoms with E-state index in [0.717, 1.165) is 35.9 Å². The van der Waals surface area contributed by atoms with Crippen LogP contribution in [0.25, 0.3) is 10.2 Å². The third-order valence-corrected chi connectivity index (χ3v) is 8.55. The van der Waals surface area contributed by atoms with Crippen LogP contribution in [0.1, 0.15) is 49.9 Å². The molecule has 1 amide bonds. The topological polar surface area (TPSA) is 81.0 Å². The van der Waals surface area contributed by atoms with E-state index in [1.807, 2.05) is 32.0 Å². The molecule has 0 bridgehead atoms. The fraction of sp³-hybridized carbons (Fsp3) is 0.385. The first-order valence-corrected chi connectivity index (χ1v) is 13.9. The van der Waals surface area contributed by atoms with E-state index in [-0.39, 0.29) is 11.4 Å². The number of carbonyl (C=O) groups is 1.